The number of esters is 6. The molecule has 0 rings (SSSR count). The quantitative estimate of drug-likeness (QED) is 0.328. The van der Waals surface area contributed by atoms with Crippen LogP contribution in [0.5, 0.6) is 0 Å². The second-order valence-electron chi connectivity index (χ2n) is 5.65. The van der Waals surface area contributed by atoms with Crippen LogP contribution < -0.4 is 0 Å². The third-order valence-corrected chi connectivity index (χ3v) is 3.09. The Hall–Kier alpha value is -3.18. The average Bonchev–Trinajstić information content (AvgIpc) is 2.58. The van der Waals surface area contributed by atoms with Crippen LogP contribution in [0.1, 0.15) is 34.6 Å². The lowest BCUT2D eigenvalue weighted by Crippen LogP contribution is -2.55. The predicted molar refractivity (Wildman–Crippen MR) is 90.9 cm³/mol. The summed E-state index contributed by atoms with van der Waals surface area (Å²) in [6.45, 7) is 4.44. The Bertz CT molecular complexity index is 640. The summed E-state index contributed by atoms with van der Waals surface area (Å²) in [6, 6.07) is 0. The van der Waals surface area contributed by atoms with Crippen LogP contribution in [0.2, 0.25) is 0 Å². The molecule has 0 aliphatic carbocycles. The molecule has 0 fully saturated rings. The number of carbonyl (C=O) groups is 6. The van der Waals surface area contributed by atoms with Crippen LogP contribution in [-0.4, -0.2) is 73.9 Å². The first-order valence-corrected chi connectivity index (χ1v) is 8.29. The van der Waals surface area contributed by atoms with Gasteiger partial charge in [-0.25, -0.2) is 4.79 Å². The molecular formula is C17H24O12. The predicted octanol–water partition coefficient (Wildman–Crippen LogP) is -0.551. The normalized spacial score (nSPS) is 14.3. The summed E-state index contributed by atoms with van der Waals surface area (Å²) in [4.78, 5) is 69.5. The average molecular weight is 420 g/mol. The van der Waals surface area contributed by atoms with Crippen LogP contribution in [0.4, 0.5) is 0 Å². The molecule has 12 heteroatoms. The minimum absolute atomic E-state index is 0.613. The Morgan fingerprint density at radius 2 is 1.07 bits per heavy atom. The molecule has 0 spiro atoms. The van der Waals surface area contributed by atoms with Gasteiger partial charge in [-0.15, -0.1) is 0 Å². The fourth-order valence-corrected chi connectivity index (χ4v) is 2.19. The first-order valence-electron chi connectivity index (χ1n) is 8.29. The van der Waals surface area contributed by atoms with Crippen molar-refractivity contribution in [2.24, 2.45) is 0 Å². The highest BCUT2D eigenvalue weighted by atomic mass is 16.6. The van der Waals surface area contributed by atoms with Crippen molar-refractivity contribution in [2.75, 3.05) is 13.7 Å². The molecule has 0 aromatic carbocycles. The molecule has 0 amide bonds. The Kier molecular flexibility index (Phi) is 11.0. The minimum atomic E-state index is -1.87. The van der Waals surface area contributed by atoms with Gasteiger partial charge in [0, 0.05) is 34.6 Å². The molecule has 12 nitrogen and oxygen atoms in total. The number of rotatable bonds is 10. The lowest BCUT2D eigenvalue weighted by Gasteiger charge is -2.34. The summed E-state index contributed by atoms with van der Waals surface area (Å²) >= 11 is 0. The second-order valence-corrected chi connectivity index (χ2v) is 5.65. The first-order chi connectivity index (χ1) is 13.4. The molecule has 0 aliphatic rings. The topological polar surface area (TPSA) is 158 Å². The highest BCUT2D eigenvalue weighted by molar-refractivity contribution is 5.80. The summed E-state index contributed by atoms with van der Waals surface area (Å²) in [5.41, 5.74) is 0. The zero-order chi connectivity index (χ0) is 22.7. The maximum Gasteiger partial charge on any atom is 0.351 e. The molecule has 0 aromatic heterocycles. The third kappa shape index (κ3) is 10.1. The van der Waals surface area contributed by atoms with Crippen LogP contribution in [0, 0.1) is 0 Å². The van der Waals surface area contributed by atoms with Crippen LogP contribution in [0.15, 0.2) is 0 Å². The van der Waals surface area contributed by atoms with Gasteiger partial charge in [-0.3, -0.25) is 24.0 Å². The van der Waals surface area contributed by atoms with E-state index in [4.69, 9.17) is 23.7 Å². The molecule has 164 valence electrons. The highest BCUT2D eigenvalue weighted by Crippen LogP contribution is 2.21. The Morgan fingerprint density at radius 3 is 1.45 bits per heavy atom. The van der Waals surface area contributed by atoms with Crippen molar-refractivity contribution in [1.29, 1.82) is 0 Å². The van der Waals surface area contributed by atoms with Gasteiger partial charge < -0.3 is 28.4 Å². The number of hydrogen-bond donors (Lipinski definition) is 0. The number of ether oxygens (including phenoxy) is 6. The van der Waals surface area contributed by atoms with Gasteiger partial charge in [0.25, 0.3) is 0 Å². The summed E-state index contributed by atoms with van der Waals surface area (Å²) in [5, 5.41) is 0. The fraction of sp³-hybridized carbons (Fsp3) is 0.647. The largest absolute Gasteiger partial charge is 0.466 e. The summed E-state index contributed by atoms with van der Waals surface area (Å²) in [7, 11) is 0.979. The molecule has 0 saturated carbocycles. The van der Waals surface area contributed by atoms with Crippen LogP contribution in [0.3, 0.4) is 0 Å². The smallest absolute Gasteiger partial charge is 0.351 e. The van der Waals surface area contributed by atoms with Gasteiger partial charge in [0.15, 0.2) is 18.3 Å². The van der Waals surface area contributed by atoms with Crippen molar-refractivity contribution < 1.29 is 57.2 Å². The van der Waals surface area contributed by atoms with E-state index < -0.39 is 66.8 Å². The van der Waals surface area contributed by atoms with Crippen molar-refractivity contribution in [2.45, 2.75) is 59.0 Å². The maximum atomic E-state index is 12.1. The van der Waals surface area contributed by atoms with Gasteiger partial charge >= 0.3 is 35.8 Å². The summed E-state index contributed by atoms with van der Waals surface area (Å²) < 4.78 is 29.4. The van der Waals surface area contributed by atoms with E-state index in [9.17, 15) is 28.8 Å². The summed E-state index contributed by atoms with van der Waals surface area (Å²) in [6.07, 6.45) is -6.86. The van der Waals surface area contributed by atoms with Crippen LogP contribution >= 0.6 is 0 Å². The minimum Gasteiger partial charge on any atom is -0.466 e. The van der Waals surface area contributed by atoms with Gasteiger partial charge in [-0.1, -0.05) is 0 Å². The zero-order valence-corrected chi connectivity index (χ0v) is 16.9. The van der Waals surface area contributed by atoms with E-state index in [0.29, 0.717) is 0 Å². The van der Waals surface area contributed by atoms with Crippen molar-refractivity contribution >= 4 is 35.8 Å². The van der Waals surface area contributed by atoms with Gasteiger partial charge in [0.2, 0.25) is 6.10 Å². The molecule has 0 unspecified atom stereocenters. The number of methoxy groups -OCH3 is 1. The van der Waals surface area contributed by atoms with E-state index in [-0.39, 0.29) is 0 Å². The van der Waals surface area contributed by atoms with E-state index in [1.165, 1.54) is 0 Å². The van der Waals surface area contributed by atoms with Gasteiger partial charge in [0.1, 0.15) is 6.61 Å². The Morgan fingerprint density at radius 1 is 0.621 bits per heavy atom. The van der Waals surface area contributed by atoms with Crippen molar-refractivity contribution in [3.8, 4) is 0 Å². The standard InChI is InChI=1S/C17H24O12/c1-8(18)25-7-13(26-9(2)19)14(27-10(3)20)15(28-11(4)21)16(17(23)24-6)29-12(5)22/h13-16H,7H2,1-6H3/t13-,14-,15+,16+/m0/s1. The molecule has 0 heterocycles. The summed E-state index contributed by atoms with van der Waals surface area (Å²) in [5.74, 6) is -5.55. The molecule has 0 N–H and O–H groups in total. The second kappa shape index (κ2) is 12.3. The Labute approximate surface area is 166 Å². The van der Waals surface area contributed by atoms with E-state index in [0.717, 1.165) is 41.7 Å². The van der Waals surface area contributed by atoms with Crippen LogP contribution in [0.25, 0.3) is 0 Å². The molecule has 0 aliphatic heterocycles. The lowest BCUT2D eigenvalue weighted by atomic mass is 10.0. The van der Waals surface area contributed by atoms with Crippen molar-refractivity contribution in [1.82, 2.24) is 0 Å². The van der Waals surface area contributed by atoms with Gasteiger partial charge in [-0.05, 0) is 0 Å². The fourth-order valence-electron chi connectivity index (χ4n) is 2.19. The molecule has 0 aromatic rings. The first kappa shape index (κ1) is 25.8. The van der Waals surface area contributed by atoms with E-state index in [1.54, 1.807) is 0 Å². The zero-order valence-electron chi connectivity index (χ0n) is 16.9. The molecular weight excluding hydrogens is 396 g/mol. The highest BCUT2D eigenvalue weighted by Gasteiger charge is 2.47. The Balaban J connectivity index is 6.29. The van der Waals surface area contributed by atoms with E-state index in [2.05, 4.69) is 4.74 Å². The molecule has 4 atom stereocenters. The molecule has 29 heavy (non-hydrogen) atoms. The van der Waals surface area contributed by atoms with Crippen LogP contribution in [-0.2, 0) is 57.2 Å². The third-order valence-electron chi connectivity index (χ3n) is 3.09. The van der Waals surface area contributed by atoms with Gasteiger partial charge in [0.05, 0.1) is 7.11 Å². The number of carbonyl (C=O) groups excluding carboxylic acids is 6. The SMILES string of the molecule is COC(=O)[C@H](OC(C)=O)[C@H](OC(C)=O)[C@@H](OC(C)=O)[C@H](COC(C)=O)OC(C)=O. The molecule has 0 saturated heterocycles. The van der Waals surface area contributed by atoms with E-state index >= 15 is 0 Å². The monoisotopic (exact) mass is 420 g/mol. The lowest BCUT2D eigenvalue weighted by molar-refractivity contribution is -0.207. The van der Waals surface area contributed by atoms with Gasteiger partial charge in [-0.2, -0.15) is 0 Å². The van der Waals surface area contributed by atoms with Crippen molar-refractivity contribution in [3.05, 3.63) is 0 Å². The molecule has 0 radical (unpaired) electrons. The van der Waals surface area contributed by atoms with Crippen molar-refractivity contribution in [3.63, 3.8) is 0 Å². The maximum absolute atomic E-state index is 12.1. The molecule has 0 bridgehead atoms. The van der Waals surface area contributed by atoms with E-state index in [1.807, 2.05) is 0 Å². The number of hydrogen-bond acceptors (Lipinski definition) is 12.